The fraction of sp³-hybridized carbons (Fsp3) is 0.250. The van der Waals surface area contributed by atoms with Crippen LogP contribution >= 0.6 is 27.7 Å². The standard InChI is InChI=1S/C16H17BrFNS/c1-3-19-11(2)13-10-12(18)8-9-15(13)20-16-7-5-4-6-14(16)17/h4-11,19H,3H2,1-2H3. The first-order valence-electron chi connectivity index (χ1n) is 6.57. The van der Waals surface area contributed by atoms with E-state index >= 15 is 0 Å². The molecule has 4 heteroatoms. The van der Waals surface area contributed by atoms with E-state index in [-0.39, 0.29) is 11.9 Å². The largest absolute Gasteiger partial charge is 0.310 e. The number of hydrogen-bond donors (Lipinski definition) is 1. The molecule has 0 spiro atoms. The lowest BCUT2D eigenvalue weighted by Crippen LogP contribution is -2.18. The molecule has 0 fully saturated rings. The van der Waals surface area contributed by atoms with Crippen LogP contribution in [0.3, 0.4) is 0 Å². The first-order chi connectivity index (χ1) is 9.61. The third kappa shape index (κ3) is 3.84. The van der Waals surface area contributed by atoms with Gasteiger partial charge in [0.1, 0.15) is 5.82 Å². The van der Waals surface area contributed by atoms with Crippen LogP contribution in [0.1, 0.15) is 25.5 Å². The van der Waals surface area contributed by atoms with Gasteiger partial charge in [-0.15, -0.1) is 0 Å². The van der Waals surface area contributed by atoms with Gasteiger partial charge < -0.3 is 5.32 Å². The lowest BCUT2D eigenvalue weighted by molar-refractivity contribution is 0.574. The summed E-state index contributed by atoms with van der Waals surface area (Å²) in [7, 11) is 0. The molecule has 0 aromatic heterocycles. The first kappa shape index (κ1) is 15.5. The summed E-state index contributed by atoms with van der Waals surface area (Å²) in [4.78, 5) is 2.20. The average Bonchev–Trinajstić information content (AvgIpc) is 2.43. The van der Waals surface area contributed by atoms with Crippen LogP contribution in [0.15, 0.2) is 56.7 Å². The van der Waals surface area contributed by atoms with Gasteiger partial charge in [0.2, 0.25) is 0 Å². The Labute approximate surface area is 132 Å². The molecule has 0 bridgehead atoms. The van der Waals surface area contributed by atoms with Crippen molar-refractivity contribution in [3.63, 3.8) is 0 Å². The Morgan fingerprint density at radius 3 is 2.65 bits per heavy atom. The van der Waals surface area contributed by atoms with Gasteiger partial charge in [0.05, 0.1) is 0 Å². The molecular weight excluding hydrogens is 337 g/mol. The minimum Gasteiger partial charge on any atom is -0.310 e. The van der Waals surface area contributed by atoms with Crippen LogP contribution in [0.2, 0.25) is 0 Å². The molecule has 2 aromatic carbocycles. The smallest absolute Gasteiger partial charge is 0.123 e. The van der Waals surface area contributed by atoms with Crippen molar-refractivity contribution in [2.75, 3.05) is 6.54 Å². The van der Waals surface area contributed by atoms with Gasteiger partial charge >= 0.3 is 0 Å². The maximum absolute atomic E-state index is 13.5. The Kier molecular flexibility index (Phi) is 5.64. The van der Waals surface area contributed by atoms with Gasteiger partial charge in [-0.25, -0.2) is 4.39 Å². The van der Waals surface area contributed by atoms with Crippen molar-refractivity contribution >= 4 is 27.7 Å². The Morgan fingerprint density at radius 1 is 1.20 bits per heavy atom. The molecule has 2 rings (SSSR count). The van der Waals surface area contributed by atoms with E-state index in [4.69, 9.17) is 0 Å². The molecule has 0 radical (unpaired) electrons. The summed E-state index contributed by atoms with van der Waals surface area (Å²) in [6.45, 7) is 4.97. The third-order valence-corrected chi connectivity index (χ3v) is 5.13. The zero-order valence-electron chi connectivity index (χ0n) is 11.5. The molecule has 0 aliphatic heterocycles. The molecule has 0 heterocycles. The van der Waals surface area contributed by atoms with E-state index in [2.05, 4.69) is 41.2 Å². The van der Waals surface area contributed by atoms with Gasteiger partial charge in [0.15, 0.2) is 0 Å². The van der Waals surface area contributed by atoms with Crippen molar-refractivity contribution in [2.24, 2.45) is 0 Å². The van der Waals surface area contributed by atoms with E-state index in [1.54, 1.807) is 17.8 Å². The van der Waals surface area contributed by atoms with Crippen LogP contribution in [-0.2, 0) is 0 Å². The highest BCUT2D eigenvalue weighted by atomic mass is 79.9. The molecule has 0 aliphatic rings. The highest BCUT2D eigenvalue weighted by Gasteiger charge is 2.13. The highest BCUT2D eigenvalue weighted by Crippen LogP contribution is 2.37. The van der Waals surface area contributed by atoms with Gasteiger partial charge in [-0.1, -0.05) is 30.8 Å². The lowest BCUT2D eigenvalue weighted by atomic mass is 10.1. The van der Waals surface area contributed by atoms with E-state index in [1.165, 1.54) is 6.07 Å². The molecule has 1 N–H and O–H groups in total. The summed E-state index contributed by atoms with van der Waals surface area (Å²) in [6.07, 6.45) is 0. The van der Waals surface area contributed by atoms with Crippen molar-refractivity contribution in [1.82, 2.24) is 5.32 Å². The van der Waals surface area contributed by atoms with Crippen LogP contribution < -0.4 is 5.32 Å². The zero-order chi connectivity index (χ0) is 14.5. The Balaban J connectivity index is 2.34. The summed E-state index contributed by atoms with van der Waals surface area (Å²) in [5.74, 6) is -0.193. The first-order valence-corrected chi connectivity index (χ1v) is 8.18. The predicted octanol–water partition coefficient (Wildman–Crippen LogP) is 5.41. The molecule has 1 nitrogen and oxygen atoms in total. The van der Waals surface area contributed by atoms with Gasteiger partial charge in [0.25, 0.3) is 0 Å². The molecule has 20 heavy (non-hydrogen) atoms. The molecule has 1 atom stereocenters. The molecule has 0 saturated heterocycles. The number of hydrogen-bond acceptors (Lipinski definition) is 2. The third-order valence-electron chi connectivity index (χ3n) is 3.01. The maximum Gasteiger partial charge on any atom is 0.123 e. The molecule has 106 valence electrons. The summed E-state index contributed by atoms with van der Waals surface area (Å²) in [6, 6.07) is 13.2. The van der Waals surface area contributed by atoms with Crippen LogP contribution in [0.25, 0.3) is 0 Å². The van der Waals surface area contributed by atoms with Crippen LogP contribution in [0.4, 0.5) is 4.39 Å². The van der Waals surface area contributed by atoms with E-state index < -0.39 is 0 Å². The topological polar surface area (TPSA) is 12.0 Å². The second-order valence-electron chi connectivity index (χ2n) is 4.49. The maximum atomic E-state index is 13.5. The minimum absolute atomic E-state index is 0.126. The number of halogens is 2. The predicted molar refractivity (Wildman–Crippen MR) is 86.8 cm³/mol. The Bertz CT molecular complexity index is 588. The monoisotopic (exact) mass is 353 g/mol. The zero-order valence-corrected chi connectivity index (χ0v) is 13.9. The van der Waals surface area contributed by atoms with Crippen molar-refractivity contribution in [3.05, 3.63) is 58.3 Å². The second-order valence-corrected chi connectivity index (χ2v) is 6.43. The average molecular weight is 354 g/mol. The van der Waals surface area contributed by atoms with Gasteiger partial charge in [-0.3, -0.25) is 0 Å². The Hall–Kier alpha value is -0.840. The SMILES string of the molecule is CCNC(C)c1cc(F)ccc1Sc1ccccc1Br. The summed E-state index contributed by atoms with van der Waals surface area (Å²) < 4.78 is 14.6. The van der Waals surface area contributed by atoms with Crippen LogP contribution in [-0.4, -0.2) is 6.54 Å². The van der Waals surface area contributed by atoms with Crippen LogP contribution in [0, 0.1) is 5.82 Å². The molecule has 0 amide bonds. The van der Waals surface area contributed by atoms with E-state index in [0.717, 1.165) is 26.4 Å². The number of rotatable bonds is 5. The lowest BCUT2D eigenvalue weighted by Gasteiger charge is -2.17. The highest BCUT2D eigenvalue weighted by molar-refractivity contribution is 9.10. The number of benzene rings is 2. The molecular formula is C16H17BrFNS. The van der Waals surface area contributed by atoms with Crippen molar-refractivity contribution in [2.45, 2.75) is 29.7 Å². The number of nitrogens with one attached hydrogen (secondary N) is 1. The van der Waals surface area contributed by atoms with E-state index in [1.807, 2.05) is 24.3 Å². The summed E-state index contributed by atoms with van der Waals surface area (Å²) >= 11 is 5.20. The van der Waals surface area contributed by atoms with Gasteiger partial charge in [-0.2, -0.15) is 0 Å². The van der Waals surface area contributed by atoms with Crippen molar-refractivity contribution in [3.8, 4) is 0 Å². The molecule has 0 aliphatic carbocycles. The summed E-state index contributed by atoms with van der Waals surface area (Å²) in [5.41, 5.74) is 0.993. The normalized spacial score (nSPS) is 12.4. The van der Waals surface area contributed by atoms with Crippen molar-refractivity contribution < 1.29 is 4.39 Å². The summed E-state index contributed by atoms with van der Waals surface area (Å²) in [5, 5.41) is 3.34. The second kappa shape index (κ2) is 7.25. The Morgan fingerprint density at radius 2 is 1.95 bits per heavy atom. The fourth-order valence-corrected chi connectivity index (χ4v) is 3.58. The molecule has 2 aromatic rings. The fourth-order valence-electron chi connectivity index (χ4n) is 2.01. The molecule has 1 unspecified atom stereocenters. The van der Waals surface area contributed by atoms with Crippen molar-refractivity contribution in [1.29, 1.82) is 0 Å². The minimum atomic E-state index is -0.193. The van der Waals surface area contributed by atoms with Crippen LogP contribution in [0.5, 0.6) is 0 Å². The van der Waals surface area contributed by atoms with Gasteiger partial charge in [0, 0.05) is 20.3 Å². The van der Waals surface area contributed by atoms with E-state index in [0.29, 0.717) is 0 Å². The van der Waals surface area contributed by atoms with Gasteiger partial charge in [-0.05, 0) is 65.3 Å². The quantitative estimate of drug-likeness (QED) is 0.771. The van der Waals surface area contributed by atoms with E-state index in [9.17, 15) is 4.39 Å². The molecule has 0 saturated carbocycles.